The van der Waals surface area contributed by atoms with E-state index in [0.717, 1.165) is 19.0 Å². The van der Waals surface area contributed by atoms with E-state index in [9.17, 15) is 9.18 Å². The van der Waals surface area contributed by atoms with Crippen LogP contribution in [-0.4, -0.2) is 50.0 Å². The lowest BCUT2D eigenvalue weighted by Crippen LogP contribution is -2.44. The zero-order chi connectivity index (χ0) is 18.6. The van der Waals surface area contributed by atoms with Gasteiger partial charge in [0.25, 0.3) is 5.91 Å². The van der Waals surface area contributed by atoms with Gasteiger partial charge < -0.3 is 15.5 Å². The normalized spacial score (nSPS) is 19.2. The summed E-state index contributed by atoms with van der Waals surface area (Å²) < 4.78 is 13.6. The molecule has 142 valence electrons. The number of carbonyl (C=O) groups is 1. The predicted molar refractivity (Wildman–Crippen MR) is 102 cm³/mol. The molecule has 5 nitrogen and oxygen atoms in total. The van der Waals surface area contributed by atoms with Gasteiger partial charge in [0.05, 0.1) is 0 Å². The summed E-state index contributed by atoms with van der Waals surface area (Å²) >= 11 is 0. The first-order valence-electron chi connectivity index (χ1n) is 9.53. The fraction of sp³-hybridized carbons (Fsp3) is 0.600. The van der Waals surface area contributed by atoms with Gasteiger partial charge in [0, 0.05) is 38.8 Å². The number of carbonyl (C=O) groups excluding carboxylic acids is 1. The summed E-state index contributed by atoms with van der Waals surface area (Å²) in [7, 11) is 1.80. The van der Waals surface area contributed by atoms with Crippen molar-refractivity contribution in [2.75, 3.05) is 33.2 Å². The van der Waals surface area contributed by atoms with Crippen molar-refractivity contribution < 1.29 is 9.18 Å². The molecule has 1 aromatic carbocycles. The van der Waals surface area contributed by atoms with Crippen LogP contribution in [0.3, 0.4) is 0 Å². The van der Waals surface area contributed by atoms with E-state index in [2.05, 4.69) is 20.5 Å². The molecule has 1 saturated heterocycles. The van der Waals surface area contributed by atoms with Gasteiger partial charge in [0.1, 0.15) is 5.82 Å². The third kappa shape index (κ3) is 4.17. The van der Waals surface area contributed by atoms with Crippen LogP contribution in [0.4, 0.5) is 4.39 Å². The maximum absolute atomic E-state index is 13.6. The molecule has 1 aliphatic heterocycles. The van der Waals surface area contributed by atoms with Gasteiger partial charge in [0.2, 0.25) is 0 Å². The number of hydrogen-bond donors (Lipinski definition) is 2. The molecule has 6 heteroatoms. The second kappa shape index (κ2) is 8.06. The molecule has 0 bridgehead atoms. The summed E-state index contributed by atoms with van der Waals surface area (Å²) in [4.78, 5) is 18.8. The molecule has 1 aromatic rings. The monoisotopic (exact) mass is 360 g/mol. The van der Waals surface area contributed by atoms with Crippen LogP contribution in [0.25, 0.3) is 0 Å². The Morgan fingerprint density at radius 2 is 1.96 bits per heavy atom. The van der Waals surface area contributed by atoms with Crippen LogP contribution in [-0.2, 0) is 0 Å². The minimum absolute atomic E-state index is 0.258. The van der Waals surface area contributed by atoms with E-state index in [1.807, 2.05) is 0 Å². The van der Waals surface area contributed by atoms with Crippen molar-refractivity contribution in [2.24, 2.45) is 10.4 Å². The topological polar surface area (TPSA) is 56.7 Å². The van der Waals surface area contributed by atoms with Crippen LogP contribution < -0.4 is 10.6 Å². The number of benzene rings is 1. The molecule has 1 spiro atoms. The molecule has 2 N–H and O–H groups in total. The summed E-state index contributed by atoms with van der Waals surface area (Å²) in [5.41, 5.74) is 1.39. The molecule has 2 aliphatic rings. The largest absolute Gasteiger partial charge is 0.354 e. The summed E-state index contributed by atoms with van der Waals surface area (Å²) in [5.74, 6) is 0.294. The Balaban J connectivity index is 1.43. The molecule has 0 radical (unpaired) electrons. The van der Waals surface area contributed by atoms with Gasteiger partial charge in [-0.15, -0.1) is 0 Å². The number of likely N-dealkylation sites (tertiary alicyclic amines) is 1. The standard InChI is InChI=1S/C20H29FN4O/c1-15-5-6-16(13-17(15)21)18(26)23-10-11-24-19(22-2)25-12-9-20(14-25)7-3-4-8-20/h5-6,13H,3-4,7-12,14H2,1-2H3,(H,22,24)(H,23,26). The fourth-order valence-electron chi connectivity index (χ4n) is 4.17. The maximum Gasteiger partial charge on any atom is 0.251 e. The van der Waals surface area contributed by atoms with Crippen molar-refractivity contribution in [3.05, 3.63) is 35.1 Å². The summed E-state index contributed by atoms with van der Waals surface area (Å²) in [6.45, 7) is 4.87. The Kier molecular flexibility index (Phi) is 5.79. The Labute approximate surface area is 155 Å². The molecule has 2 fully saturated rings. The van der Waals surface area contributed by atoms with Gasteiger partial charge in [0.15, 0.2) is 5.96 Å². The molecule has 0 aromatic heterocycles. The molecule has 0 unspecified atom stereocenters. The smallest absolute Gasteiger partial charge is 0.251 e. The number of aryl methyl sites for hydroxylation is 1. The van der Waals surface area contributed by atoms with E-state index in [4.69, 9.17) is 0 Å². The Bertz CT molecular complexity index is 682. The van der Waals surface area contributed by atoms with Crippen molar-refractivity contribution in [3.8, 4) is 0 Å². The van der Waals surface area contributed by atoms with Crippen molar-refractivity contribution in [1.29, 1.82) is 0 Å². The second-order valence-corrected chi connectivity index (χ2v) is 7.57. The SMILES string of the molecule is CN=C(NCCNC(=O)c1ccc(C)c(F)c1)N1CCC2(CCCC2)C1. The zero-order valence-corrected chi connectivity index (χ0v) is 15.8. The van der Waals surface area contributed by atoms with Gasteiger partial charge in [-0.25, -0.2) is 4.39 Å². The van der Waals surface area contributed by atoms with Crippen LogP contribution >= 0.6 is 0 Å². The highest BCUT2D eigenvalue weighted by molar-refractivity contribution is 5.94. The first-order valence-corrected chi connectivity index (χ1v) is 9.53. The average Bonchev–Trinajstić information content (AvgIpc) is 3.27. The summed E-state index contributed by atoms with van der Waals surface area (Å²) in [6, 6.07) is 4.55. The number of halogens is 1. The van der Waals surface area contributed by atoms with Crippen molar-refractivity contribution in [2.45, 2.75) is 39.0 Å². The van der Waals surface area contributed by atoms with Crippen LogP contribution in [0.15, 0.2) is 23.2 Å². The molecule has 1 saturated carbocycles. The van der Waals surface area contributed by atoms with Gasteiger partial charge in [-0.05, 0) is 49.3 Å². The number of rotatable bonds is 4. The summed E-state index contributed by atoms with van der Waals surface area (Å²) in [6.07, 6.45) is 6.63. The van der Waals surface area contributed by atoms with Crippen LogP contribution in [0.5, 0.6) is 0 Å². The molecule has 0 atom stereocenters. The highest BCUT2D eigenvalue weighted by Crippen LogP contribution is 2.45. The molecular weight excluding hydrogens is 331 g/mol. The zero-order valence-electron chi connectivity index (χ0n) is 15.8. The fourth-order valence-corrected chi connectivity index (χ4v) is 4.17. The molecule has 3 rings (SSSR count). The van der Waals surface area contributed by atoms with Crippen molar-refractivity contribution >= 4 is 11.9 Å². The van der Waals surface area contributed by atoms with Gasteiger partial charge in [-0.1, -0.05) is 18.9 Å². The van der Waals surface area contributed by atoms with Gasteiger partial charge in [-0.3, -0.25) is 9.79 Å². The third-order valence-corrected chi connectivity index (χ3v) is 5.74. The molecule has 26 heavy (non-hydrogen) atoms. The highest BCUT2D eigenvalue weighted by atomic mass is 19.1. The number of aliphatic imine (C=N–C) groups is 1. The molecule has 1 amide bonds. The predicted octanol–water partition coefficient (Wildman–Crippen LogP) is 2.71. The van der Waals surface area contributed by atoms with Gasteiger partial charge in [-0.2, -0.15) is 0 Å². The maximum atomic E-state index is 13.6. The lowest BCUT2D eigenvalue weighted by atomic mass is 9.86. The molecular formula is C20H29FN4O. The number of nitrogens with zero attached hydrogens (tertiary/aromatic N) is 2. The minimum atomic E-state index is -0.356. The van der Waals surface area contributed by atoms with E-state index < -0.39 is 0 Å². The van der Waals surface area contributed by atoms with Crippen LogP contribution in [0.2, 0.25) is 0 Å². The number of amides is 1. The lowest BCUT2D eigenvalue weighted by molar-refractivity contribution is 0.0954. The van der Waals surface area contributed by atoms with E-state index in [1.54, 1.807) is 26.1 Å². The van der Waals surface area contributed by atoms with E-state index in [0.29, 0.717) is 29.6 Å². The van der Waals surface area contributed by atoms with Crippen molar-refractivity contribution in [1.82, 2.24) is 15.5 Å². The second-order valence-electron chi connectivity index (χ2n) is 7.57. The first-order chi connectivity index (χ1) is 12.5. The van der Waals surface area contributed by atoms with E-state index >= 15 is 0 Å². The highest BCUT2D eigenvalue weighted by Gasteiger charge is 2.40. The van der Waals surface area contributed by atoms with Gasteiger partial charge >= 0.3 is 0 Å². The van der Waals surface area contributed by atoms with Crippen molar-refractivity contribution in [3.63, 3.8) is 0 Å². The van der Waals surface area contributed by atoms with Crippen LogP contribution in [0.1, 0.15) is 48.0 Å². The quantitative estimate of drug-likeness (QED) is 0.493. The number of nitrogens with one attached hydrogen (secondary N) is 2. The first kappa shape index (κ1) is 18.7. The number of hydrogen-bond acceptors (Lipinski definition) is 2. The van der Waals surface area contributed by atoms with E-state index in [-0.39, 0.29) is 11.7 Å². The third-order valence-electron chi connectivity index (χ3n) is 5.74. The minimum Gasteiger partial charge on any atom is -0.354 e. The van der Waals surface area contributed by atoms with Crippen LogP contribution in [0, 0.1) is 18.2 Å². The number of guanidine groups is 1. The Hall–Kier alpha value is -2.11. The molecule has 1 heterocycles. The Morgan fingerprint density at radius 3 is 2.65 bits per heavy atom. The van der Waals surface area contributed by atoms with E-state index in [1.165, 1.54) is 38.2 Å². The Morgan fingerprint density at radius 1 is 1.23 bits per heavy atom. The molecule has 1 aliphatic carbocycles. The lowest BCUT2D eigenvalue weighted by Gasteiger charge is -2.26. The average molecular weight is 360 g/mol. The summed E-state index contributed by atoms with van der Waals surface area (Å²) in [5, 5.41) is 6.15.